The van der Waals surface area contributed by atoms with Gasteiger partial charge in [-0.3, -0.25) is 24.5 Å². The maximum absolute atomic E-state index is 12.1. The van der Waals surface area contributed by atoms with Crippen molar-refractivity contribution in [3.63, 3.8) is 0 Å². The zero-order valence-corrected chi connectivity index (χ0v) is 17.2. The van der Waals surface area contributed by atoms with Crippen molar-refractivity contribution in [2.75, 3.05) is 11.9 Å². The average Bonchev–Trinajstić information content (AvgIpc) is 2.69. The van der Waals surface area contributed by atoms with Crippen molar-refractivity contribution >= 4 is 29.0 Å². The number of carbonyl (C=O) groups is 3. The third-order valence-electron chi connectivity index (χ3n) is 4.54. The van der Waals surface area contributed by atoms with Gasteiger partial charge in [-0.2, -0.15) is 0 Å². The first-order valence-corrected chi connectivity index (χ1v) is 9.48. The van der Waals surface area contributed by atoms with E-state index < -0.39 is 23.3 Å². The first-order valence-electron chi connectivity index (χ1n) is 9.48. The van der Waals surface area contributed by atoms with Crippen LogP contribution in [0.1, 0.15) is 46.3 Å². The zero-order chi connectivity index (χ0) is 22.3. The molecule has 2 aromatic carbocycles. The Hall–Kier alpha value is -3.55. The van der Waals surface area contributed by atoms with Crippen molar-refractivity contribution in [3.05, 3.63) is 68.8 Å². The van der Waals surface area contributed by atoms with Gasteiger partial charge in [0.2, 0.25) is 11.7 Å². The molecule has 0 aromatic heterocycles. The number of aryl methyl sites for hydroxylation is 3. The molecule has 0 saturated carbocycles. The van der Waals surface area contributed by atoms with E-state index in [9.17, 15) is 24.5 Å². The van der Waals surface area contributed by atoms with Gasteiger partial charge in [-0.1, -0.05) is 24.3 Å². The SMILES string of the molecule is Cc1ccc(C)c(NC(=O)CCCC(=O)OCC(=O)c2ccc(C)c([N+](=O)[O-])c2)c1. The fourth-order valence-corrected chi connectivity index (χ4v) is 2.76. The Bertz CT molecular complexity index is 984. The molecule has 8 nitrogen and oxygen atoms in total. The summed E-state index contributed by atoms with van der Waals surface area (Å²) in [5, 5.41) is 13.8. The molecular formula is C22H24N2O6. The van der Waals surface area contributed by atoms with Gasteiger partial charge >= 0.3 is 5.97 Å². The molecule has 0 atom stereocenters. The van der Waals surface area contributed by atoms with Crippen molar-refractivity contribution in [3.8, 4) is 0 Å². The number of nitro benzene ring substituents is 1. The largest absolute Gasteiger partial charge is 0.457 e. The molecule has 0 fully saturated rings. The van der Waals surface area contributed by atoms with Crippen LogP contribution in [0.4, 0.5) is 11.4 Å². The topological polar surface area (TPSA) is 116 Å². The molecule has 0 unspecified atom stereocenters. The van der Waals surface area contributed by atoms with Gasteiger partial charge in [-0.15, -0.1) is 0 Å². The van der Waals surface area contributed by atoms with Crippen molar-refractivity contribution in [1.29, 1.82) is 0 Å². The summed E-state index contributed by atoms with van der Waals surface area (Å²) in [6.45, 7) is 4.89. The van der Waals surface area contributed by atoms with E-state index in [1.807, 2.05) is 32.0 Å². The Labute approximate surface area is 174 Å². The summed E-state index contributed by atoms with van der Waals surface area (Å²) >= 11 is 0. The molecule has 2 rings (SSSR count). The van der Waals surface area contributed by atoms with E-state index in [4.69, 9.17) is 4.74 Å². The first kappa shape index (κ1) is 22.7. The highest BCUT2D eigenvalue weighted by Gasteiger charge is 2.16. The molecule has 0 aliphatic carbocycles. The lowest BCUT2D eigenvalue weighted by Gasteiger charge is -2.09. The van der Waals surface area contributed by atoms with Crippen LogP contribution in [-0.2, 0) is 14.3 Å². The van der Waals surface area contributed by atoms with E-state index >= 15 is 0 Å². The van der Waals surface area contributed by atoms with Crippen molar-refractivity contribution in [2.45, 2.75) is 40.0 Å². The van der Waals surface area contributed by atoms with Crippen molar-refractivity contribution in [1.82, 2.24) is 0 Å². The molecule has 0 aliphatic heterocycles. The summed E-state index contributed by atoms with van der Waals surface area (Å²) < 4.78 is 4.93. The molecule has 8 heteroatoms. The molecule has 0 radical (unpaired) electrons. The van der Waals surface area contributed by atoms with E-state index in [1.54, 1.807) is 6.92 Å². The fraction of sp³-hybridized carbons (Fsp3) is 0.318. The van der Waals surface area contributed by atoms with Crippen molar-refractivity contribution in [2.24, 2.45) is 0 Å². The minimum absolute atomic E-state index is 0.0124. The minimum atomic E-state index is -0.607. The number of amides is 1. The number of carbonyl (C=O) groups excluding carboxylic acids is 3. The van der Waals surface area contributed by atoms with Crippen LogP contribution in [-0.4, -0.2) is 29.2 Å². The summed E-state index contributed by atoms with van der Waals surface area (Å²) in [7, 11) is 0. The molecule has 1 amide bonds. The third kappa shape index (κ3) is 6.51. The first-order chi connectivity index (χ1) is 14.2. The second-order valence-electron chi connectivity index (χ2n) is 7.06. The number of Topliss-reactive ketones (excluding diaryl/α,β-unsaturated/α-hetero) is 1. The summed E-state index contributed by atoms with van der Waals surface area (Å²) in [5.74, 6) is -1.34. The minimum Gasteiger partial charge on any atom is -0.457 e. The van der Waals surface area contributed by atoms with E-state index in [0.29, 0.717) is 5.56 Å². The summed E-state index contributed by atoms with van der Waals surface area (Å²) in [4.78, 5) is 46.4. The second-order valence-corrected chi connectivity index (χ2v) is 7.06. The van der Waals surface area contributed by atoms with E-state index in [2.05, 4.69) is 5.32 Å². The standard InChI is InChI=1S/C22H24N2O6/c1-14-7-8-15(2)18(11-14)23-21(26)5-4-6-22(27)30-13-20(25)17-10-9-16(3)19(12-17)24(28)29/h7-12H,4-6,13H2,1-3H3,(H,23,26). The van der Waals surface area contributed by atoms with Gasteiger partial charge in [0.1, 0.15) is 0 Å². The predicted octanol–water partition coefficient (Wildman–Crippen LogP) is 4.05. The van der Waals surface area contributed by atoms with Gasteiger partial charge in [0.25, 0.3) is 5.69 Å². The number of hydrogen-bond acceptors (Lipinski definition) is 6. The van der Waals surface area contributed by atoms with Crippen LogP contribution in [0.15, 0.2) is 36.4 Å². The maximum atomic E-state index is 12.1. The zero-order valence-electron chi connectivity index (χ0n) is 17.2. The molecule has 1 N–H and O–H groups in total. The highest BCUT2D eigenvalue weighted by molar-refractivity contribution is 5.98. The van der Waals surface area contributed by atoms with Crippen LogP contribution in [0.3, 0.4) is 0 Å². The van der Waals surface area contributed by atoms with E-state index in [0.717, 1.165) is 16.8 Å². The summed E-state index contributed by atoms with van der Waals surface area (Å²) in [6.07, 6.45) is 0.405. The monoisotopic (exact) mass is 412 g/mol. The molecule has 0 aliphatic rings. The quantitative estimate of drug-likeness (QED) is 0.287. The van der Waals surface area contributed by atoms with E-state index in [-0.39, 0.29) is 36.4 Å². The molecule has 30 heavy (non-hydrogen) atoms. The number of ether oxygens (including phenoxy) is 1. The number of nitrogens with zero attached hydrogens (tertiary/aromatic N) is 1. The highest BCUT2D eigenvalue weighted by Crippen LogP contribution is 2.20. The van der Waals surface area contributed by atoms with Gasteiger partial charge in [-0.05, 0) is 44.4 Å². The lowest BCUT2D eigenvalue weighted by atomic mass is 10.1. The molecular weight excluding hydrogens is 388 g/mol. The Morgan fingerprint density at radius 2 is 1.70 bits per heavy atom. The number of rotatable bonds is 9. The Morgan fingerprint density at radius 3 is 2.40 bits per heavy atom. The number of benzene rings is 2. The van der Waals surface area contributed by atoms with Crippen LogP contribution in [0.5, 0.6) is 0 Å². The number of hydrogen-bond donors (Lipinski definition) is 1. The van der Waals surface area contributed by atoms with Crippen molar-refractivity contribution < 1.29 is 24.0 Å². The van der Waals surface area contributed by atoms with Crippen LogP contribution < -0.4 is 5.32 Å². The lowest BCUT2D eigenvalue weighted by Crippen LogP contribution is -2.16. The average molecular weight is 412 g/mol. The van der Waals surface area contributed by atoms with Gasteiger partial charge in [-0.25, -0.2) is 0 Å². The maximum Gasteiger partial charge on any atom is 0.306 e. The fourth-order valence-electron chi connectivity index (χ4n) is 2.76. The molecule has 0 heterocycles. The van der Waals surface area contributed by atoms with E-state index in [1.165, 1.54) is 18.2 Å². The summed E-state index contributed by atoms with van der Waals surface area (Å²) in [6, 6.07) is 9.85. The summed E-state index contributed by atoms with van der Waals surface area (Å²) in [5.41, 5.74) is 3.09. The lowest BCUT2D eigenvalue weighted by molar-refractivity contribution is -0.385. The Balaban J connectivity index is 1.76. The van der Waals surface area contributed by atoms with Gasteiger partial charge < -0.3 is 10.1 Å². The van der Waals surface area contributed by atoms with Gasteiger partial charge in [0.15, 0.2) is 6.61 Å². The predicted molar refractivity (Wildman–Crippen MR) is 112 cm³/mol. The molecule has 0 spiro atoms. The van der Waals surface area contributed by atoms with Crippen LogP contribution >= 0.6 is 0 Å². The molecule has 0 bridgehead atoms. The number of nitro groups is 1. The van der Waals surface area contributed by atoms with Crippen LogP contribution in [0, 0.1) is 30.9 Å². The van der Waals surface area contributed by atoms with Crippen LogP contribution in [0.2, 0.25) is 0 Å². The van der Waals surface area contributed by atoms with Gasteiger partial charge in [0.05, 0.1) is 4.92 Å². The number of anilines is 1. The normalized spacial score (nSPS) is 10.4. The highest BCUT2D eigenvalue weighted by atomic mass is 16.6. The van der Waals surface area contributed by atoms with Crippen LogP contribution in [0.25, 0.3) is 0 Å². The second kappa shape index (κ2) is 10.3. The smallest absolute Gasteiger partial charge is 0.306 e. The molecule has 0 saturated heterocycles. The third-order valence-corrected chi connectivity index (χ3v) is 4.54. The number of nitrogens with one attached hydrogen (secondary N) is 1. The molecule has 2 aromatic rings. The van der Waals surface area contributed by atoms with Gasteiger partial charge in [0, 0.05) is 35.7 Å². The Morgan fingerprint density at radius 1 is 1.00 bits per heavy atom. The number of ketones is 1. The Kier molecular flexibility index (Phi) is 7.80. The number of esters is 1. The molecule has 158 valence electrons.